The summed E-state index contributed by atoms with van der Waals surface area (Å²) >= 11 is 1.21. The molecular weight excluding hydrogens is 328 g/mol. The van der Waals surface area contributed by atoms with Crippen LogP contribution in [0.4, 0.5) is 5.82 Å². The molecule has 2 aromatic rings. The van der Waals surface area contributed by atoms with Crippen LogP contribution in [0.25, 0.3) is 0 Å². The Balaban J connectivity index is 1.43. The molecule has 1 aliphatic heterocycles. The number of carbonyl (C=O) groups excluding carboxylic acids is 1. The number of piperidine rings is 1. The van der Waals surface area contributed by atoms with Crippen LogP contribution in [-0.2, 0) is 4.79 Å². The van der Waals surface area contributed by atoms with E-state index in [9.17, 15) is 4.79 Å². The number of amides is 1. The highest BCUT2D eigenvalue weighted by Gasteiger charge is 2.22. The summed E-state index contributed by atoms with van der Waals surface area (Å²) in [4.78, 5) is 14.3. The number of nitrogens with one attached hydrogen (secondary N) is 1. The molecule has 0 spiro atoms. The van der Waals surface area contributed by atoms with E-state index in [1.807, 2.05) is 12.1 Å². The van der Waals surface area contributed by atoms with Gasteiger partial charge in [-0.15, -0.1) is 0 Å². The lowest BCUT2D eigenvalue weighted by Crippen LogP contribution is -2.46. The summed E-state index contributed by atoms with van der Waals surface area (Å²) in [5.41, 5.74) is 0. The molecule has 0 unspecified atom stereocenters. The molecule has 8 heteroatoms. The Morgan fingerprint density at radius 3 is 2.75 bits per heavy atom. The number of hydrogen-bond acceptors (Lipinski definition) is 7. The first-order chi connectivity index (χ1) is 11.8. The first kappa shape index (κ1) is 16.5. The van der Waals surface area contributed by atoms with E-state index in [4.69, 9.17) is 9.47 Å². The number of aromatic nitrogens is 2. The number of methoxy groups -OCH3 is 1. The summed E-state index contributed by atoms with van der Waals surface area (Å²) in [7, 11) is 1.58. The van der Waals surface area contributed by atoms with E-state index >= 15 is 0 Å². The Hall–Kier alpha value is -2.35. The third kappa shape index (κ3) is 4.14. The topological polar surface area (TPSA) is 76.6 Å². The Labute approximate surface area is 144 Å². The number of rotatable bonds is 6. The first-order valence-corrected chi connectivity index (χ1v) is 8.57. The van der Waals surface area contributed by atoms with Crippen LogP contribution in [0.2, 0.25) is 0 Å². The molecule has 3 rings (SSSR count). The predicted molar refractivity (Wildman–Crippen MR) is 91.8 cm³/mol. The van der Waals surface area contributed by atoms with Crippen LogP contribution in [-0.4, -0.2) is 47.5 Å². The fraction of sp³-hybridized carbons (Fsp3) is 0.438. The van der Waals surface area contributed by atoms with E-state index in [2.05, 4.69) is 19.0 Å². The molecule has 1 fully saturated rings. The van der Waals surface area contributed by atoms with Crippen LogP contribution in [0.3, 0.4) is 0 Å². The molecule has 2 heterocycles. The number of ether oxygens (including phenoxy) is 2. The maximum atomic E-state index is 12.1. The van der Waals surface area contributed by atoms with Crippen molar-refractivity contribution in [2.24, 2.45) is 0 Å². The van der Waals surface area contributed by atoms with Crippen molar-refractivity contribution in [1.82, 2.24) is 14.1 Å². The molecule has 1 saturated heterocycles. The largest absolute Gasteiger partial charge is 0.493 e. The van der Waals surface area contributed by atoms with Crippen molar-refractivity contribution in [3.05, 3.63) is 30.5 Å². The second kappa shape index (κ2) is 7.96. The summed E-state index contributed by atoms with van der Waals surface area (Å²) in [5, 5.41) is 3.03. The fourth-order valence-electron chi connectivity index (χ4n) is 2.70. The molecule has 1 aromatic heterocycles. The van der Waals surface area contributed by atoms with Crippen LogP contribution < -0.4 is 19.7 Å². The highest BCUT2D eigenvalue weighted by atomic mass is 32.1. The van der Waals surface area contributed by atoms with Crippen LogP contribution >= 0.6 is 11.7 Å². The van der Waals surface area contributed by atoms with Gasteiger partial charge < -0.3 is 19.7 Å². The monoisotopic (exact) mass is 348 g/mol. The van der Waals surface area contributed by atoms with E-state index in [0.29, 0.717) is 11.5 Å². The minimum Gasteiger partial charge on any atom is -0.493 e. The minimum atomic E-state index is -0.116. The molecule has 0 saturated carbocycles. The van der Waals surface area contributed by atoms with E-state index < -0.39 is 0 Å². The molecule has 0 atom stereocenters. The highest BCUT2D eigenvalue weighted by molar-refractivity contribution is 6.99. The molecular formula is C16H20N4O3S. The van der Waals surface area contributed by atoms with Crippen molar-refractivity contribution >= 4 is 23.5 Å². The molecule has 128 valence electrons. The van der Waals surface area contributed by atoms with Gasteiger partial charge in [-0.05, 0) is 25.0 Å². The van der Waals surface area contributed by atoms with E-state index in [-0.39, 0.29) is 18.6 Å². The highest BCUT2D eigenvalue weighted by Crippen LogP contribution is 2.25. The van der Waals surface area contributed by atoms with Crippen molar-refractivity contribution in [2.45, 2.75) is 18.9 Å². The predicted octanol–water partition coefficient (Wildman–Crippen LogP) is 1.71. The van der Waals surface area contributed by atoms with Gasteiger partial charge in [0.05, 0.1) is 25.0 Å². The van der Waals surface area contributed by atoms with Crippen LogP contribution in [0, 0.1) is 0 Å². The van der Waals surface area contributed by atoms with Crippen LogP contribution in [0.5, 0.6) is 11.5 Å². The summed E-state index contributed by atoms with van der Waals surface area (Å²) in [5.74, 6) is 2.00. The van der Waals surface area contributed by atoms with Gasteiger partial charge in [0.25, 0.3) is 5.91 Å². The molecule has 1 aliphatic rings. The van der Waals surface area contributed by atoms with Crippen molar-refractivity contribution in [3.63, 3.8) is 0 Å². The van der Waals surface area contributed by atoms with Crippen molar-refractivity contribution in [1.29, 1.82) is 0 Å². The Bertz CT molecular complexity index is 657. The average Bonchev–Trinajstić information content (AvgIpc) is 3.15. The summed E-state index contributed by atoms with van der Waals surface area (Å²) in [6.45, 7) is 1.71. The van der Waals surface area contributed by atoms with E-state index in [0.717, 1.165) is 31.7 Å². The zero-order valence-electron chi connectivity index (χ0n) is 13.5. The first-order valence-electron chi connectivity index (χ1n) is 7.84. The number of para-hydroxylation sites is 2. The van der Waals surface area contributed by atoms with Crippen LogP contribution in [0.15, 0.2) is 30.5 Å². The van der Waals surface area contributed by atoms with Crippen molar-refractivity contribution in [3.8, 4) is 11.5 Å². The number of carbonyl (C=O) groups is 1. The molecule has 24 heavy (non-hydrogen) atoms. The maximum absolute atomic E-state index is 12.1. The van der Waals surface area contributed by atoms with Gasteiger partial charge >= 0.3 is 0 Å². The van der Waals surface area contributed by atoms with E-state index in [1.54, 1.807) is 25.4 Å². The van der Waals surface area contributed by atoms with Crippen molar-refractivity contribution < 1.29 is 14.3 Å². The maximum Gasteiger partial charge on any atom is 0.258 e. The van der Waals surface area contributed by atoms with Gasteiger partial charge in [0.15, 0.2) is 23.9 Å². The number of hydrogen-bond donors (Lipinski definition) is 1. The zero-order valence-corrected chi connectivity index (χ0v) is 14.3. The molecule has 0 bridgehead atoms. The second-order valence-corrected chi connectivity index (χ2v) is 6.09. The van der Waals surface area contributed by atoms with Gasteiger partial charge in [-0.1, -0.05) is 12.1 Å². The fourth-order valence-corrected chi connectivity index (χ4v) is 3.14. The lowest BCUT2D eigenvalue weighted by atomic mass is 10.1. The summed E-state index contributed by atoms with van der Waals surface area (Å²) < 4.78 is 19.0. The molecule has 0 radical (unpaired) electrons. The van der Waals surface area contributed by atoms with Gasteiger partial charge in [0, 0.05) is 19.1 Å². The average molecular weight is 348 g/mol. The molecule has 1 amide bonds. The number of anilines is 1. The van der Waals surface area contributed by atoms with Gasteiger partial charge in [0.2, 0.25) is 0 Å². The number of nitrogens with zero attached hydrogens (tertiary/aromatic N) is 3. The Morgan fingerprint density at radius 1 is 1.33 bits per heavy atom. The summed E-state index contributed by atoms with van der Waals surface area (Å²) in [6, 6.07) is 7.46. The molecule has 0 aliphatic carbocycles. The lowest BCUT2D eigenvalue weighted by Gasteiger charge is -2.32. The Kier molecular flexibility index (Phi) is 5.47. The van der Waals surface area contributed by atoms with Crippen molar-refractivity contribution in [2.75, 3.05) is 31.7 Å². The van der Waals surface area contributed by atoms with Gasteiger partial charge in [-0.2, -0.15) is 8.75 Å². The second-order valence-electron chi connectivity index (χ2n) is 5.53. The molecule has 1 N–H and O–H groups in total. The standard InChI is InChI=1S/C16H20N4O3S/c1-22-13-4-2-3-5-14(13)23-11-16(21)18-12-6-8-20(9-7-12)15-10-17-24-19-15/h2-5,10,12H,6-9,11H2,1H3,(H,18,21). The molecule has 1 aromatic carbocycles. The van der Waals surface area contributed by atoms with E-state index in [1.165, 1.54) is 11.7 Å². The van der Waals surface area contributed by atoms with Gasteiger partial charge in [-0.25, -0.2) is 0 Å². The van der Waals surface area contributed by atoms with Gasteiger partial charge in [-0.3, -0.25) is 4.79 Å². The van der Waals surface area contributed by atoms with Crippen LogP contribution in [0.1, 0.15) is 12.8 Å². The smallest absolute Gasteiger partial charge is 0.258 e. The Morgan fingerprint density at radius 2 is 2.08 bits per heavy atom. The summed E-state index contributed by atoms with van der Waals surface area (Å²) in [6.07, 6.45) is 3.56. The third-order valence-electron chi connectivity index (χ3n) is 3.96. The zero-order chi connectivity index (χ0) is 16.8. The van der Waals surface area contributed by atoms with Gasteiger partial charge in [0.1, 0.15) is 0 Å². The normalized spacial score (nSPS) is 15.1. The SMILES string of the molecule is COc1ccccc1OCC(=O)NC1CCN(c2cnsn2)CC1. The quantitative estimate of drug-likeness (QED) is 0.856. The molecule has 7 nitrogen and oxygen atoms in total. The minimum absolute atomic E-state index is 0.0173. The number of benzene rings is 1. The lowest BCUT2D eigenvalue weighted by molar-refractivity contribution is -0.123. The third-order valence-corrected chi connectivity index (χ3v) is 4.43.